The summed E-state index contributed by atoms with van der Waals surface area (Å²) >= 11 is 0. The lowest BCUT2D eigenvalue weighted by atomic mass is 10.1. The molecule has 0 bridgehead atoms. The van der Waals surface area contributed by atoms with E-state index in [9.17, 15) is 0 Å². The minimum atomic E-state index is 0.129. The monoisotopic (exact) mass is 182 g/mol. The SMILES string of the molecule is CCCC/C=C/CCCCC(C)[NH]. The normalized spacial score (nSPS) is 13.8. The van der Waals surface area contributed by atoms with Crippen molar-refractivity contribution >= 4 is 0 Å². The molecule has 1 unspecified atom stereocenters. The third-order valence-electron chi connectivity index (χ3n) is 2.15. The molecule has 0 heterocycles. The van der Waals surface area contributed by atoms with Gasteiger partial charge in [-0.25, -0.2) is 0 Å². The summed E-state index contributed by atoms with van der Waals surface area (Å²) in [6.07, 6.45) is 13.2. The van der Waals surface area contributed by atoms with Gasteiger partial charge in [0.15, 0.2) is 0 Å². The lowest BCUT2D eigenvalue weighted by Gasteiger charge is -2.00. The third-order valence-corrected chi connectivity index (χ3v) is 2.15. The third kappa shape index (κ3) is 11.7. The molecule has 0 fully saturated rings. The van der Waals surface area contributed by atoms with Gasteiger partial charge in [0.2, 0.25) is 0 Å². The fraction of sp³-hybridized carbons (Fsp3) is 0.833. The topological polar surface area (TPSA) is 23.8 Å². The molecule has 0 saturated heterocycles. The standard InChI is InChI=1S/C12H24N/c1-3-4-5-6-7-8-9-10-11-12(2)13/h6-7,12-13H,3-5,8-11H2,1-2H3/b7-6+. The van der Waals surface area contributed by atoms with E-state index in [0.717, 1.165) is 6.42 Å². The molecule has 0 aromatic heterocycles. The van der Waals surface area contributed by atoms with E-state index < -0.39 is 0 Å². The molecule has 0 spiro atoms. The highest BCUT2D eigenvalue weighted by molar-refractivity contribution is 4.81. The first kappa shape index (κ1) is 12.7. The van der Waals surface area contributed by atoms with Gasteiger partial charge in [0.25, 0.3) is 0 Å². The molecule has 0 aromatic rings. The number of rotatable bonds is 8. The van der Waals surface area contributed by atoms with Crippen LogP contribution in [0.5, 0.6) is 0 Å². The molecule has 0 saturated carbocycles. The van der Waals surface area contributed by atoms with Gasteiger partial charge in [-0.3, -0.25) is 5.73 Å². The molecular formula is C12H24N. The molecule has 1 nitrogen and oxygen atoms in total. The lowest BCUT2D eigenvalue weighted by Crippen LogP contribution is -2.00. The molecule has 0 aliphatic carbocycles. The van der Waals surface area contributed by atoms with Crippen molar-refractivity contribution in [2.75, 3.05) is 0 Å². The van der Waals surface area contributed by atoms with Gasteiger partial charge in [0.1, 0.15) is 0 Å². The average molecular weight is 182 g/mol. The van der Waals surface area contributed by atoms with Crippen LogP contribution in [0.25, 0.3) is 0 Å². The van der Waals surface area contributed by atoms with Gasteiger partial charge < -0.3 is 0 Å². The summed E-state index contributed by atoms with van der Waals surface area (Å²) < 4.78 is 0. The van der Waals surface area contributed by atoms with Crippen LogP contribution in [0.2, 0.25) is 0 Å². The second kappa shape index (κ2) is 9.79. The quantitative estimate of drug-likeness (QED) is 0.401. The van der Waals surface area contributed by atoms with Gasteiger partial charge in [0.05, 0.1) is 0 Å². The van der Waals surface area contributed by atoms with Crippen molar-refractivity contribution in [3.8, 4) is 0 Å². The lowest BCUT2D eigenvalue weighted by molar-refractivity contribution is 0.589. The smallest absolute Gasteiger partial charge is 0.0184 e. The Labute approximate surface area is 83.4 Å². The second-order valence-electron chi connectivity index (χ2n) is 3.80. The molecule has 0 aromatic carbocycles. The van der Waals surface area contributed by atoms with Crippen LogP contribution in [0.1, 0.15) is 58.8 Å². The van der Waals surface area contributed by atoms with Crippen molar-refractivity contribution in [3.05, 3.63) is 12.2 Å². The maximum absolute atomic E-state index is 7.33. The summed E-state index contributed by atoms with van der Waals surface area (Å²) in [5.74, 6) is 0. The second-order valence-corrected chi connectivity index (χ2v) is 3.80. The Morgan fingerprint density at radius 1 is 1.08 bits per heavy atom. The Hall–Kier alpha value is -0.300. The molecule has 1 N–H and O–H groups in total. The summed E-state index contributed by atoms with van der Waals surface area (Å²) in [5, 5.41) is 0. The Morgan fingerprint density at radius 3 is 2.23 bits per heavy atom. The van der Waals surface area contributed by atoms with E-state index in [4.69, 9.17) is 5.73 Å². The maximum Gasteiger partial charge on any atom is 0.0184 e. The number of unbranched alkanes of at least 4 members (excludes halogenated alkanes) is 4. The van der Waals surface area contributed by atoms with E-state index in [1.165, 1.54) is 38.5 Å². The number of hydrogen-bond donors (Lipinski definition) is 0. The van der Waals surface area contributed by atoms with Crippen molar-refractivity contribution in [2.24, 2.45) is 0 Å². The molecular weight excluding hydrogens is 158 g/mol. The van der Waals surface area contributed by atoms with E-state index in [-0.39, 0.29) is 6.04 Å². The van der Waals surface area contributed by atoms with Crippen molar-refractivity contribution in [3.63, 3.8) is 0 Å². The summed E-state index contributed by atoms with van der Waals surface area (Å²) in [6, 6.07) is 0.129. The fourth-order valence-electron chi connectivity index (χ4n) is 1.27. The number of allylic oxidation sites excluding steroid dienone is 2. The van der Waals surface area contributed by atoms with Crippen molar-refractivity contribution < 1.29 is 0 Å². The largest absolute Gasteiger partial charge is 0.255 e. The molecule has 0 rings (SSSR count). The predicted molar refractivity (Wildman–Crippen MR) is 59.7 cm³/mol. The molecule has 0 aliphatic rings. The predicted octanol–water partition coefficient (Wildman–Crippen LogP) is 3.96. The zero-order chi connectivity index (χ0) is 9.94. The van der Waals surface area contributed by atoms with Crippen molar-refractivity contribution in [2.45, 2.75) is 64.8 Å². The summed E-state index contributed by atoms with van der Waals surface area (Å²) in [4.78, 5) is 0. The van der Waals surface area contributed by atoms with Crippen LogP contribution in [0.15, 0.2) is 12.2 Å². The van der Waals surface area contributed by atoms with Gasteiger partial charge in [-0.2, -0.15) is 0 Å². The van der Waals surface area contributed by atoms with Crippen LogP contribution in [-0.4, -0.2) is 6.04 Å². The molecule has 0 aliphatic heterocycles. The van der Waals surface area contributed by atoms with E-state index in [1.807, 2.05) is 6.92 Å². The summed E-state index contributed by atoms with van der Waals surface area (Å²) in [7, 11) is 0. The summed E-state index contributed by atoms with van der Waals surface area (Å²) in [6.45, 7) is 4.20. The van der Waals surface area contributed by atoms with Crippen molar-refractivity contribution in [1.29, 1.82) is 0 Å². The molecule has 77 valence electrons. The van der Waals surface area contributed by atoms with E-state index in [1.54, 1.807) is 0 Å². The van der Waals surface area contributed by atoms with Crippen LogP contribution in [0.4, 0.5) is 0 Å². The zero-order valence-corrected chi connectivity index (χ0v) is 9.18. The van der Waals surface area contributed by atoms with Crippen LogP contribution >= 0.6 is 0 Å². The molecule has 13 heavy (non-hydrogen) atoms. The highest BCUT2D eigenvalue weighted by Crippen LogP contribution is 2.04. The molecule has 1 radical (unpaired) electrons. The minimum absolute atomic E-state index is 0.129. The van der Waals surface area contributed by atoms with E-state index in [0.29, 0.717) is 0 Å². The first-order valence-corrected chi connectivity index (χ1v) is 5.63. The molecule has 0 amide bonds. The highest BCUT2D eigenvalue weighted by Gasteiger charge is 1.92. The Kier molecular flexibility index (Phi) is 9.56. The van der Waals surface area contributed by atoms with Crippen LogP contribution in [0, 0.1) is 0 Å². The average Bonchev–Trinajstić information content (AvgIpc) is 2.09. The Bertz CT molecular complexity index is 116. The van der Waals surface area contributed by atoms with Gasteiger partial charge >= 0.3 is 0 Å². The van der Waals surface area contributed by atoms with Crippen LogP contribution in [0.3, 0.4) is 0 Å². The van der Waals surface area contributed by atoms with Crippen LogP contribution in [-0.2, 0) is 0 Å². The van der Waals surface area contributed by atoms with Gasteiger partial charge in [-0.1, -0.05) is 38.3 Å². The Balaban J connectivity index is 3.02. The first-order valence-electron chi connectivity index (χ1n) is 5.63. The van der Waals surface area contributed by atoms with Gasteiger partial charge in [-0.15, -0.1) is 0 Å². The summed E-state index contributed by atoms with van der Waals surface area (Å²) in [5.41, 5.74) is 7.33. The first-order chi connectivity index (χ1) is 6.27. The minimum Gasteiger partial charge on any atom is -0.255 e. The van der Waals surface area contributed by atoms with Gasteiger partial charge in [-0.05, 0) is 32.6 Å². The van der Waals surface area contributed by atoms with E-state index >= 15 is 0 Å². The highest BCUT2D eigenvalue weighted by atomic mass is 14.6. The molecule has 1 heteroatoms. The maximum atomic E-state index is 7.33. The van der Waals surface area contributed by atoms with E-state index in [2.05, 4.69) is 19.1 Å². The molecule has 1 atom stereocenters. The van der Waals surface area contributed by atoms with Gasteiger partial charge in [0, 0.05) is 6.04 Å². The fourth-order valence-corrected chi connectivity index (χ4v) is 1.27. The zero-order valence-electron chi connectivity index (χ0n) is 9.18. The number of hydrogen-bond acceptors (Lipinski definition) is 0. The van der Waals surface area contributed by atoms with Crippen molar-refractivity contribution in [1.82, 2.24) is 5.73 Å². The van der Waals surface area contributed by atoms with Crippen LogP contribution < -0.4 is 5.73 Å². The number of nitrogens with one attached hydrogen (secondary N) is 1. The Morgan fingerprint density at radius 2 is 1.69 bits per heavy atom.